The van der Waals surface area contributed by atoms with E-state index in [0.29, 0.717) is 12.2 Å². The Morgan fingerprint density at radius 1 is 1.33 bits per heavy atom. The molecule has 1 aliphatic rings. The van der Waals surface area contributed by atoms with Crippen molar-refractivity contribution < 1.29 is 9.18 Å². The monoisotopic (exact) mass is 294 g/mol. The van der Waals surface area contributed by atoms with Gasteiger partial charge in [-0.05, 0) is 31.3 Å². The molecule has 1 aliphatic heterocycles. The highest BCUT2D eigenvalue weighted by molar-refractivity contribution is 5.92. The number of hydrogen-bond donors (Lipinski definition) is 2. The summed E-state index contributed by atoms with van der Waals surface area (Å²) in [6, 6.07) is 5.80. The van der Waals surface area contributed by atoms with Crippen molar-refractivity contribution in [2.45, 2.75) is 0 Å². The second-order valence-electron chi connectivity index (χ2n) is 5.38. The van der Waals surface area contributed by atoms with E-state index >= 15 is 0 Å². The number of piperazine rings is 1. The van der Waals surface area contributed by atoms with E-state index in [0.717, 1.165) is 39.3 Å². The summed E-state index contributed by atoms with van der Waals surface area (Å²) in [6.07, 6.45) is 0. The summed E-state index contributed by atoms with van der Waals surface area (Å²) in [5.41, 5.74) is 0.622. The van der Waals surface area contributed by atoms with Crippen molar-refractivity contribution in [1.82, 2.24) is 15.1 Å². The number of anilines is 1. The number of likely N-dealkylation sites (N-methyl/N-ethyl adjacent to an activating group) is 1. The van der Waals surface area contributed by atoms with Crippen molar-refractivity contribution in [2.75, 3.05) is 58.2 Å². The lowest BCUT2D eigenvalue weighted by atomic mass is 10.3. The van der Waals surface area contributed by atoms with E-state index in [1.807, 2.05) is 11.9 Å². The summed E-state index contributed by atoms with van der Waals surface area (Å²) in [7, 11) is 1.94. The number of benzene rings is 1. The van der Waals surface area contributed by atoms with E-state index in [2.05, 4.69) is 15.5 Å². The fourth-order valence-corrected chi connectivity index (χ4v) is 2.30. The molecule has 1 saturated heterocycles. The second-order valence-corrected chi connectivity index (χ2v) is 5.38. The van der Waals surface area contributed by atoms with Crippen LogP contribution in [0, 0.1) is 5.82 Å². The quantitative estimate of drug-likeness (QED) is 0.807. The normalized spacial score (nSPS) is 16.1. The maximum Gasteiger partial charge on any atom is 0.238 e. The molecule has 0 aromatic heterocycles. The molecule has 1 heterocycles. The van der Waals surface area contributed by atoms with E-state index in [1.54, 1.807) is 12.1 Å². The van der Waals surface area contributed by atoms with Crippen molar-refractivity contribution in [3.63, 3.8) is 0 Å². The zero-order valence-corrected chi connectivity index (χ0v) is 12.4. The van der Waals surface area contributed by atoms with Gasteiger partial charge in [0.1, 0.15) is 5.82 Å². The number of nitrogens with one attached hydrogen (secondary N) is 2. The van der Waals surface area contributed by atoms with E-state index in [-0.39, 0.29) is 11.7 Å². The standard InChI is InChI=1S/C15H23FN4O/c1-19(10-11-20-8-6-17-7-9-20)12-15(21)18-14-4-2-13(16)3-5-14/h2-5,17H,6-12H2,1H3,(H,18,21). The first-order valence-corrected chi connectivity index (χ1v) is 7.30. The Labute approximate surface area is 125 Å². The van der Waals surface area contributed by atoms with Gasteiger partial charge in [0.2, 0.25) is 5.91 Å². The maximum atomic E-state index is 12.8. The molecule has 5 nitrogen and oxygen atoms in total. The van der Waals surface area contributed by atoms with Crippen LogP contribution in [0.25, 0.3) is 0 Å². The van der Waals surface area contributed by atoms with E-state index < -0.39 is 0 Å². The van der Waals surface area contributed by atoms with Crippen LogP contribution in [0.4, 0.5) is 10.1 Å². The molecule has 1 amide bonds. The van der Waals surface area contributed by atoms with Gasteiger partial charge in [-0.25, -0.2) is 4.39 Å². The van der Waals surface area contributed by atoms with Crippen LogP contribution in [0.5, 0.6) is 0 Å². The summed E-state index contributed by atoms with van der Waals surface area (Å²) in [4.78, 5) is 16.3. The number of amides is 1. The molecule has 2 rings (SSSR count). The lowest BCUT2D eigenvalue weighted by molar-refractivity contribution is -0.117. The number of halogens is 1. The molecule has 0 bridgehead atoms. The average Bonchev–Trinajstić information content (AvgIpc) is 2.48. The largest absolute Gasteiger partial charge is 0.325 e. The summed E-state index contributed by atoms with van der Waals surface area (Å²) < 4.78 is 12.8. The third-order valence-corrected chi connectivity index (χ3v) is 3.55. The molecule has 1 aromatic carbocycles. The van der Waals surface area contributed by atoms with Crippen LogP contribution in [0.3, 0.4) is 0 Å². The van der Waals surface area contributed by atoms with Crippen LogP contribution in [0.15, 0.2) is 24.3 Å². The molecule has 1 fully saturated rings. The number of nitrogens with zero attached hydrogens (tertiary/aromatic N) is 2. The molecule has 21 heavy (non-hydrogen) atoms. The van der Waals surface area contributed by atoms with Crippen LogP contribution >= 0.6 is 0 Å². The maximum absolute atomic E-state index is 12.8. The molecule has 6 heteroatoms. The van der Waals surface area contributed by atoms with Gasteiger partial charge in [0.15, 0.2) is 0 Å². The fourth-order valence-electron chi connectivity index (χ4n) is 2.30. The first kappa shape index (κ1) is 15.9. The van der Waals surface area contributed by atoms with Gasteiger partial charge >= 0.3 is 0 Å². The van der Waals surface area contributed by atoms with Crippen LogP contribution in [0.1, 0.15) is 0 Å². The average molecular weight is 294 g/mol. The zero-order valence-electron chi connectivity index (χ0n) is 12.4. The SMILES string of the molecule is CN(CCN1CCNCC1)CC(=O)Nc1ccc(F)cc1. The number of carbonyl (C=O) groups excluding carboxylic acids is 1. The molecule has 1 aromatic rings. The predicted molar refractivity (Wildman–Crippen MR) is 81.8 cm³/mol. The minimum Gasteiger partial charge on any atom is -0.325 e. The molecule has 0 unspecified atom stereocenters. The lowest BCUT2D eigenvalue weighted by Crippen LogP contribution is -2.46. The van der Waals surface area contributed by atoms with Crippen molar-refractivity contribution >= 4 is 11.6 Å². The van der Waals surface area contributed by atoms with E-state index in [9.17, 15) is 9.18 Å². The Morgan fingerprint density at radius 3 is 2.67 bits per heavy atom. The van der Waals surface area contributed by atoms with E-state index in [1.165, 1.54) is 12.1 Å². The minimum absolute atomic E-state index is 0.0792. The minimum atomic E-state index is -0.305. The molecule has 0 atom stereocenters. The summed E-state index contributed by atoms with van der Waals surface area (Å²) >= 11 is 0. The Bertz CT molecular complexity index is 445. The Hall–Kier alpha value is -1.50. The number of carbonyl (C=O) groups is 1. The van der Waals surface area contributed by atoms with Gasteiger partial charge in [0, 0.05) is 45.0 Å². The van der Waals surface area contributed by atoms with Gasteiger partial charge in [-0.15, -0.1) is 0 Å². The second kappa shape index (κ2) is 8.07. The van der Waals surface area contributed by atoms with Gasteiger partial charge in [-0.3, -0.25) is 14.6 Å². The van der Waals surface area contributed by atoms with Gasteiger partial charge in [0.25, 0.3) is 0 Å². The molecule has 0 aliphatic carbocycles. The molecular weight excluding hydrogens is 271 g/mol. The van der Waals surface area contributed by atoms with Crippen molar-refractivity contribution in [2.24, 2.45) is 0 Å². The fraction of sp³-hybridized carbons (Fsp3) is 0.533. The lowest BCUT2D eigenvalue weighted by Gasteiger charge is -2.28. The molecule has 0 saturated carbocycles. The Balaban J connectivity index is 1.67. The third-order valence-electron chi connectivity index (χ3n) is 3.55. The predicted octanol–water partition coefficient (Wildman–Crippen LogP) is 0.601. The molecule has 116 valence electrons. The molecule has 0 spiro atoms. The summed E-state index contributed by atoms with van der Waals surface area (Å²) in [5.74, 6) is -0.384. The summed E-state index contributed by atoms with van der Waals surface area (Å²) in [6.45, 7) is 6.37. The first-order chi connectivity index (χ1) is 10.1. The highest BCUT2D eigenvalue weighted by Gasteiger charge is 2.11. The van der Waals surface area contributed by atoms with Crippen LogP contribution < -0.4 is 10.6 Å². The van der Waals surface area contributed by atoms with Crippen LogP contribution in [-0.4, -0.2) is 68.6 Å². The molecular formula is C15H23FN4O. The summed E-state index contributed by atoms with van der Waals surface area (Å²) in [5, 5.41) is 6.09. The van der Waals surface area contributed by atoms with E-state index in [4.69, 9.17) is 0 Å². The van der Waals surface area contributed by atoms with Crippen molar-refractivity contribution in [3.05, 3.63) is 30.1 Å². The number of rotatable bonds is 6. The molecule has 0 radical (unpaired) electrons. The third kappa shape index (κ3) is 5.79. The van der Waals surface area contributed by atoms with Gasteiger partial charge in [-0.1, -0.05) is 0 Å². The Kier molecular flexibility index (Phi) is 6.10. The van der Waals surface area contributed by atoms with Crippen LogP contribution in [-0.2, 0) is 4.79 Å². The van der Waals surface area contributed by atoms with Crippen molar-refractivity contribution in [3.8, 4) is 0 Å². The smallest absolute Gasteiger partial charge is 0.238 e. The van der Waals surface area contributed by atoms with Crippen LogP contribution in [0.2, 0.25) is 0 Å². The highest BCUT2D eigenvalue weighted by atomic mass is 19.1. The first-order valence-electron chi connectivity index (χ1n) is 7.30. The number of hydrogen-bond acceptors (Lipinski definition) is 4. The Morgan fingerprint density at radius 2 is 2.00 bits per heavy atom. The van der Waals surface area contributed by atoms with Gasteiger partial charge < -0.3 is 10.6 Å². The van der Waals surface area contributed by atoms with Crippen molar-refractivity contribution in [1.29, 1.82) is 0 Å². The zero-order chi connectivity index (χ0) is 15.1. The topological polar surface area (TPSA) is 47.6 Å². The van der Waals surface area contributed by atoms with Gasteiger partial charge in [-0.2, -0.15) is 0 Å². The molecule has 2 N–H and O–H groups in total. The highest BCUT2D eigenvalue weighted by Crippen LogP contribution is 2.08. The van der Waals surface area contributed by atoms with Gasteiger partial charge in [0.05, 0.1) is 6.54 Å².